The van der Waals surface area contributed by atoms with Crippen LogP contribution in [0, 0.1) is 5.92 Å². The molecular formula is C13H22N2. The van der Waals surface area contributed by atoms with Crippen molar-refractivity contribution in [3.05, 3.63) is 30.1 Å². The minimum absolute atomic E-state index is 0.289. The van der Waals surface area contributed by atoms with Crippen molar-refractivity contribution in [2.75, 3.05) is 0 Å². The van der Waals surface area contributed by atoms with Crippen LogP contribution in [0.5, 0.6) is 0 Å². The van der Waals surface area contributed by atoms with E-state index >= 15 is 0 Å². The smallest absolute Gasteiger partial charge is 0.0270 e. The number of hydrogen-bond donors (Lipinski definition) is 1. The Kier molecular flexibility index (Phi) is 5.33. The van der Waals surface area contributed by atoms with Gasteiger partial charge >= 0.3 is 0 Å². The third-order valence-electron chi connectivity index (χ3n) is 3.04. The van der Waals surface area contributed by atoms with Crippen LogP contribution in [-0.2, 0) is 6.42 Å². The Labute approximate surface area is 92.9 Å². The summed E-state index contributed by atoms with van der Waals surface area (Å²) in [6.07, 6.45) is 8.24. The lowest BCUT2D eigenvalue weighted by atomic mass is 9.92. The third-order valence-corrected chi connectivity index (χ3v) is 3.04. The number of nitrogens with zero attached hydrogens (tertiary/aromatic N) is 1. The summed E-state index contributed by atoms with van der Waals surface area (Å²) in [4.78, 5) is 4.01. The zero-order chi connectivity index (χ0) is 11.1. The van der Waals surface area contributed by atoms with E-state index in [4.69, 9.17) is 5.73 Å². The van der Waals surface area contributed by atoms with Gasteiger partial charge in [-0.15, -0.1) is 0 Å². The highest BCUT2D eigenvalue weighted by atomic mass is 14.6. The van der Waals surface area contributed by atoms with Gasteiger partial charge in [0, 0.05) is 18.4 Å². The molecule has 0 aliphatic carbocycles. The topological polar surface area (TPSA) is 38.9 Å². The molecular weight excluding hydrogens is 184 g/mol. The summed E-state index contributed by atoms with van der Waals surface area (Å²) in [5.41, 5.74) is 7.43. The van der Waals surface area contributed by atoms with Crippen LogP contribution >= 0.6 is 0 Å². The van der Waals surface area contributed by atoms with Crippen molar-refractivity contribution in [1.82, 2.24) is 4.98 Å². The zero-order valence-electron chi connectivity index (χ0n) is 9.82. The first kappa shape index (κ1) is 12.2. The summed E-state index contributed by atoms with van der Waals surface area (Å²) >= 11 is 0. The minimum atomic E-state index is 0.289. The van der Waals surface area contributed by atoms with Gasteiger partial charge in [-0.05, 0) is 36.5 Å². The second kappa shape index (κ2) is 6.57. The highest BCUT2D eigenvalue weighted by Gasteiger charge is 2.10. The van der Waals surface area contributed by atoms with Gasteiger partial charge in [0.25, 0.3) is 0 Å². The lowest BCUT2D eigenvalue weighted by Crippen LogP contribution is -2.25. The number of nitrogens with two attached hydrogens (primary N) is 1. The molecule has 1 heterocycles. The average Bonchev–Trinajstić information content (AvgIpc) is 2.27. The molecule has 84 valence electrons. The molecule has 2 nitrogen and oxygen atoms in total. The summed E-state index contributed by atoms with van der Waals surface area (Å²) < 4.78 is 0. The number of rotatable bonds is 6. The van der Waals surface area contributed by atoms with Gasteiger partial charge in [-0.2, -0.15) is 0 Å². The molecule has 1 unspecified atom stereocenters. The predicted octanol–water partition coefficient (Wildman–Crippen LogP) is 2.78. The van der Waals surface area contributed by atoms with E-state index in [0.717, 1.165) is 18.8 Å². The maximum Gasteiger partial charge on any atom is 0.0270 e. The highest BCUT2D eigenvalue weighted by Crippen LogP contribution is 2.16. The van der Waals surface area contributed by atoms with E-state index in [1.165, 1.54) is 18.4 Å². The van der Waals surface area contributed by atoms with Gasteiger partial charge in [0.05, 0.1) is 0 Å². The summed E-state index contributed by atoms with van der Waals surface area (Å²) in [5, 5.41) is 0. The van der Waals surface area contributed by atoms with E-state index in [1.54, 1.807) is 0 Å². The molecule has 1 atom stereocenters. The molecule has 0 spiro atoms. The average molecular weight is 206 g/mol. The molecule has 0 aromatic carbocycles. The van der Waals surface area contributed by atoms with Crippen LogP contribution in [-0.4, -0.2) is 11.0 Å². The molecule has 0 bridgehead atoms. The molecule has 0 fully saturated rings. The Morgan fingerprint density at radius 2 is 1.80 bits per heavy atom. The molecule has 0 saturated heterocycles. The van der Waals surface area contributed by atoms with E-state index in [9.17, 15) is 0 Å². The summed E-state index contributed by atoms with van der Waals surface area (Å²) in [5.74, 6) is 0.779. The zero-order valence-corrected chi connectivity index (χ0v) is 9.82. The monoisotopic (exact) mass is 206 g/mol. The first-order valence-electron chi connectivity index (χ1n) is 5.90. The van der Waals surface area contributed by atoms with Crippen molar-refractivity contribution in [3.63, 3.8) is 0 Å². The fourth-order valence-electron chi connectivity index (χ4n) is 1.96. The van der Waals surface area contributed by atoms with Gasteiger partial charge in [-0.25, -0.2) is 0 Å². The van der Waals surface area contributed by atoms with E-state index in [1.807, 2.05) is 24.5 Å². The Morgan fingerprint density at radius 3 is 2.33 bits per heavy atom. The number of pyridine rings is 1. The highest BCUT2D eigenvalue weighted by molar-refractivity contribution is 5.11. The number of aromatic nitrogens is 1. The van der Waals surface area contributed by atoms with Gasteiger partial charge in [0.1, 0.15) is 0 Å². The van der Waals surface area contributed by atoms with E-state index in [0.29, 0.717) is 0 Å². The Morgan fingerprint density at radius 1 is 1.20 bits per heavy atom. The SMILES string of the molecule is CCC(CC)CC(N)Cc1ccncc1. The summed E-state index contributed by atoms with van der Waals surface area (Å²) in [6.45, 7) is 4.49. The van der Waals surface area contributed by atoms with E-state index in [-0.39, 0.29) is 6.04 Å². The Bertz CT molecular complexity index is 254. The first-order chi connectivity index (χ1) is 7.26. The largest absolute Gasteiger partial charge is 0.327 e. The molecule has 1 aromatic rings. The molecule has 1 rings (SSSR count). The van der Waals surface area contributed by atoms with Crippen molar-refractivity contribution in [1.29, 1.82) is 0 Å². The van der Waals surface area contributed by atoms with Gasteiger partial charge in [-0.3, -0.25) is 4.98 Å². The fraction of sp³-hybridized carbons (Fsp3) is 0.615. The van der Waals surface area contributed by atoms with E-state index in [2.05, 4.69) is 18.8 Å². The second-order valence-electron chi connectivity index (χ2n) is 4.24. The van der Waals surface area contributed by atoms with Gasteiger partial charge in [0.15, 0.2) is 0 Å². The third kappa shape index (κ3) is 4.43. The van der Waals surface area contributed by atoms with Crippen LogP contribution in [0.2, 0.25) is 0 Å². The van der Waals surface area contributed by atoms with Crippen LogP contribution in [0.15, 0.2) is 24.5 Å². The van der Waals surface area contributed by atoms with Crippen molar-refractivity contribution < 1.29 is 0 Å². The van der Waals surface area contributed by atoms with Crippen LogP contribution in [0.3, 0.4) is 0 Å². The Balaban J connectivity index is 2.39. The molecule has 0 aliphatic rings. The van der Waals surface area contributed by atoms with E-state index < -0.39 is 0 Å². The van der Waals surface area contributed by atoms with Gasteiger partial charge in [0.2, 0.25) is 0 Å². The summed E-state index contributed by atoms with van der Waals surface area (Å²) in [7, 11) is 0. The molecule has 2 heteroatoms. The van der Waals surface area contributed by atoms with Gasteiger partial charge < -0.3 is 5.73 Å². The second-order valence-corrected chi connectivity index (χ2v) is 4.24. The van der Waals surface area contributed by atoms with Crippen molar-refractivity contribution in [2.24, 2.45) is 11.7 Å². The maximum absolute atomic E-state index is 6.14. The lowest BCUT2D eigenvalue weighted by Gasteiger charge is -2.18. The molecule has 1 aromatic heterocycles. The molecule has 0 radical (unpaired) electrons. The minimum Gasteiger partial charge on any atom is -0.327 e. The molecule has 0 saturated carbocycles. The molecule has 2 N–H and O–H groups in total. The lowest BCUT2D eigenvalue weighted by molar-refractivity contribution is 0.407. The quantitative estimate of drug-likeness (QED) is 0.777. The van der Waals surface area contributed by atoms with Crippen molar-refractivity contribution in [3.8, 4) is 0 Å². The van der Waals surface area contributed by atoms with Crippen LogP contribution < -0.4 is 5.73 Å². The number of hydrogen-bond acceptors (Lipinski definition) is 2. The van der Waals surface area contributed by atoms with Crippen LogP contribution in [0.25, 0.3) is 0 Å². The predicted molar refractivity (Wildman–Crippen MR) is 64.6 cm³/mol. The maximum atomic E-state index is 6.14. The summed E-state index contributed by atoms with van der Waals surface area (Å²) in [6, 6.07) is 4.39. The van der Waals surface area contributed by atoms with Gasteiger partial charge in [-0.1, -0.05) is 26.7 Å². The molecule has 0 amide bonds. The first-order valence-corrected chi connectivity index (χ1v) is 5.90. The van der Waals surface area contributed by atoms with Crippen LogP contribution in [0.1, 0.15) is 38.7 Å². The normalized spacial score (nSPS) is 13.1. The fourth-order valence-corrected chi connectivity index (χ4v) is 1.96. The van der Waals surface area contributed by atoms with Crippen molar-refractivity contribution >= 4 is 0 Å². The van der Waals surface area contributed by atoms with Crippen LogP contribution in [0.4, 0.5) is 0 Å². The standard InChI is InChI=1S/C13H22N2/c1-3-11(4-2)9-13(14)10-12-5-7-15-8-6-12/h5-8,11,13H,3-4,9-10,14H2,1-2H3. The molecule has 0 aliphatic heterocycles. The van der Waals surface area contributed by atoms with Crippen molar-refractivity contribution in [2.45, 2.75) is 45.6 Å². The molecule has 15 heavy (non-hydrogen) atoms. The Hall–Kier alpha value is -0.890.